The monoisotopic (exact) mass is 332 g/mol. The highest BCUT2D eigenvalue weighted by Crippen LogP contribution is 2.34. The molecule has 0 heterocycles. The van der Waals surface area contributed by atoms with Crippen LogP contribution in [0.15, 0.2) is 78.9 Å². The smallest absolute Gasteiger partial charge is 0.336 e. The third-order valence-corrected chi connectivity index (χ3v) is 4.11. The lowest BCUT2D eigenvalue weighted by Crippen LogP contribution is -2.12. The molecule has 25 heavy (non-hydrogen) atoms. The Bertz CT molecular complexity index is 862. The second kappa shape index (κ2) is 7.01. The molecule has 0 aromatic heterocycles. The zero-order valence-corrected chi connectivity index (χ0v) is 13.3. The first-order chi connectivity index (χ1) is 12.1. The molecule has 0 unspecified atom stereocenters. The molecule has 0 amide bonds. The van der Waals surface area contributed by atoms with Crippen molar-refractivity contribution >= 4 is 11.9 Å². The number of carbonyl (C=O) groups is 2. The Labute approximate surface area is 145 Å². The first kappa shape index (κ1) is 16.5. The van der Waals surface area contributed by atoms with E-state index in [9.17, 15) is 14.7 Å². The minimum Gasteiger partial charge on any atom is -0.478 e. The van der Waals surface area contributed by atoms with E-state index in [1.807, 2.05) is 60.7 Å². The maximum atomic E-state index is 11.8. The molecule has 3 aromatic carbocycles. The zero-order valence-electron chi connectivity index (χ0n) is 13.3. The van der Waals surface area contributed by atoms with Crippen molar-refractivity contribution in [3.8, 4) is 0 Å². The predicted octanol–water partition coefficient (Wildman–Crippen LogP) is 4.26. The molecular weight excluding hydrogens is 316 g/mol. The summed E-state index contributed by atoms with van der Waals surface area (Å²) in [6, 6.07) is 23.4. The molecular formula is C21H16O4. The highest BCUT2D eigenvalue weighted by atomic mass is 16.4. The summed E-state index contributed by atoms with van der Waals surface area (Å²) in [6.07, 6.45) is 0. The Morgan fingerprint density at radius 1 is 0.680 bits per heavy atom. The van der Waals surface area contributed by atoms with Gasteiger partial charge in [-0.2, -0.15) is 0 Å². The van der Waals surface area contributed by atoms with Crippen LogP contribution in [0.25, 0.3) is 0 Å². The van der Waals surface area contributed by atoms with Crippen molar-refractivity contribution in [3.63, 3.8) is 0 Å². The van der Waals surface area contributed by atoms with Crippen molar-refractivity contribution in [1.82, 2.24) is 0 Å². The fraction of sp³-hybridized carbons (Fsp3) is 0.0476. The number of aromatic carboxylic acids is 2. The molecule has 4 nitrogen and oxygen atoms in total. The minimum absolute atomic E-state index is 0.00222. The van der Waals surface area contributed by atoms with Gasteiger partial charge < -0.3 is 10.2 Å². The van der Waals surface area contributed by atoms with Gasteiger partial charge in [-0.15, -0.1) is 0 Å². The van der Waals surface area contributed by atoms with E-state index >= 15 is 0 Å². The molecule has 0 spiro atoms. The van der Waals surface area contributed by atoms with Crippen LogP contribution in [-0.2, 0) is 0 Å². The molecule has 0 aliphatic rings. The Morgan fingerprint density at radius 2 is 1.20 bits per heavy atom. The number of rotatable bonds is 5. The quantitative estimate of drug-likeness (QED) is 0.685. The molecule has 2 N–H and O–H groups in total. The van der Waals surface area contributed by atoms with Gasteiger partial charge in [0.1, 0.15) is 0 Å². The summed E-state index contributed by atoms with van der Waals surface area (Å²) in [4.78, 5) is 23.0. The molecule has 4 heteroatoms. The van der Waals surface area contributed by atoms with Gasteiger partial charge in [0.05, 0.1) is 11.1 Å². The Kier molecular flexibility index (Phi) is 4.61. The second-order valence-electron chi connectivity index (χ2n) is 5.67. The van der Waals surface area contributed by atoms with Crippen molar-refractivity contribution in [2.24, 2.45) is 0 Å². The summed E-state index contributed by atoms with van der Waals surface area (Å²) < 4.78 is 0. The van der Waals surface area contributed by atoms with E-state index in [4.69, 9.17) is 5.11 Å². The highest BCUT2D eigenvalue weighted by Gasteiger charge is 2.23. The molecule has 0 saturated carbocycles. The molecule has 0 bridgehead atoms. The standard InChI is InChI=1S/C21H16O4/c22-20(23)16-11-12-17(18(13-16)21(24)25)19(14-7-3-1-4-8-14)15-9-5-2-6-10-15/h1-13,19H,(H,22,23)(H,24,25). The van der Waals surface area contributed by atoms with Gasteiger partial charge in [0.25, 0.3) is 0 Å². The lowest BCUT2D eigenvalue weighted by atomic mass is 9.82. The fourth-order valence-electron chi connectivity index (χ4n) is 2.97. The normalized spacial score (nSPS) is 10.6. The molecule has 0 atom stereocenters. The second-order valence-corrected chi connectivity index (χ2v) is 5.67. The van der Waals surface area contributed by atoms with E-state index in [0.29, 0.717) is 5.56 Å². The molecule has 0 fully saturated rings. The maximum absolute atomic E-state index is 11.8. The van der Waals surface area contributed by atoms with Crippen LogP contribution in [0.1, 0.15) is 43.3 Å². The van der Waals surface area contributed by atoms with Gasteiger partial charge in [-0.05, 0) is 28.8 Å². The van der Waals surface area contributed by atoms with Gasteiger partial charge in [-0.3, -0.25) is 0 Å². The molecule has 0 radical (unpaired) electrons. The van der Waals surface area contributed by atoms with E-state index in [2.05, 4.69) is 0 Å². The van der Waals surface area contributed by atoms with Gasteiger partial charge in [-0.1, -0.05) is 66.7 Å². The molecule has 3 rings (SSSR count). The maximum Gasteiger partial charge on any atom is 0.336 e. The van der Waals surface area contributed by atoms with Crippen LogP contribution in [0.3, 0.4) is 0 Å². The Balaban J connectivity index is 2.24. The van der Waals surface area contributed by atoms with Gasteiger partial charge in [0.2, 0.25) is 0 Å². The van der Waals surface area contributed by atoms with Gasteiger partial charge >= 0.3 is 11.9 Å². The topological polar surface area (TPSA) is 74.6 Å². The SMILES string of the molecule is O=C(O)c1ccc(C(c2ccccc2)c2ccccc2)c(C(=O)O)c1. The third kappa shape index (κ3) is 3.43. The lowest BCUT2D eigenvalue weighted by molar-refractivity contribution is 0.0695. The zero-order chi connectivity index (χ0) is 17.8. The average Bonchev–Trinajstić information content (AvgIpc) is 2.63. The molecule has 124 valence electrons. The summed E-state index contributed by atoms with van der Waals surface area (Å²) in [5, 5.41) is 18.8. The first-order valence-electron chi connectivity index (χ1n) is 7.78. The largest absolute Gasteiger partial charge is 0.478 e. The van der Waals surface area contributed by atoms with Crippen LogP contribution >= 0.6 is 0 Å². The number of hydrogen-bond donors (Lipinski definition) is 2. The van der Waals surface area contributed by atoms with E-state index in [1.165, 1.54) is 12.1 Å². The van der Waals surface area contributed by atoms with Crippen LogP contribution in [0.5, 0.6) is 0 Å². The lowest BCUT2D eigenvalue weighted by Gasteiger charge is -2.21. The van der Waals surface area contributed by atoms with Crippen LogP contribution in [0.2, 0.25) is 0 Å². The number of benzene rings is 3. The van der Waals surface area contributed by atoms with E-state index in [0.717, 1.165) is 11.1 Å². The summed E-state index contributed by atoms with van der Waals surface area (Å²) >= 11 is 0. The van der Waals surface area contributed by atoms with Crippen molar-refractivity contribution in [1.29, 1.82) is 0 Å². The summed E-state index contributed by atoms with van der Waals surface area (Å²) in [5.74, 6) is -2.59. The van der Waals surface area contributed by atoms with Crippen molar-refractivity contribution < 1.29 is 19.8 Å². The molecule has 3 aromatic rings. The summed E-state index contributed by atoms with van der Waals surface area (Å²) in [6.45, 7) is 0. The number of hydrogen-bond acceptors (Lipinski definition) is 2. The van der Waals surface area contributed by atoms with Crippen LogP contribution in [0.4, 0.5) is 0 Å². The Hall–Kier alpha value is -3.40. The summed E-state index contributed by atoms with van der Waals surface area (Å²) in [7, 11) is 0. The van der Waals surface area contributed by atoms with E-state index in [-0.39, 0.29) is 17.0 Å². The van der Waals surface area contributed by atoms with Gasteiger partial charge in [-0.25, -0.2) is 9.59 Å². The first-order valence-corrected chi connectivity index (χ1v) is 7.78. The van der Waals surface area contributed by atoms with Crippen LogP contribution in [-0.4, -0.2) is 22.2 Å². The number of carboxylic acids is 2. The molecule has 0 saturated heterocycles. The third-order valence-electron chi connectivity index (χ3n) is 4.11. The molecule has 0 aliphatic carbocycles. The van der Waals surface area contributed by atoms with Gasteiger partial charge in [0.15, 0.2) is 0 Å². The average molecular weight is 332 g/mol. The molecule has 0 aliphatic heterocycles. The Morgan fingerprint density at radius 3 is 1.64 bits per heavy atom. The van der Waals surface area contributed by atoms with Crippen molar-refractivity contribution in [2.45, 2.75) is 5.92 Å². The predicted molar refractivity (Wildman–Crippen MR) is 94.2 cm³/mol. The number of carboxylic acid groups (broad SMARTS) is 2. The van der Waals surface area contributed by atoms with Gasteiger partial charge in [0, 0.05) is 5.92 Å². The fourth-order valence-corrected chi connectivity index (χ4v) is 2.97. The van der Waals surface area contributed by atoms with Crippen molar-refractivity contribution in [3.05, 3.63) is 107 Å². The van der Waals surface area contributed by atoms with E-state index < -0.39 is 11.9 Å². The summed E-state index contributed by atoms with van der Waals surface area (Å²) in [5.41, 5.74) is 2.41. The van der Waals surface area contributed by atoms with Crippen molar-refractivity contribution in [2.75, 3.05) is 0 Å². The van der Waals surface area contributed by atoms with Crippen LogP contribution in [0, 0.1) is 0 Å². The van der Waals surface area contributed by atoms with Crippen LogP contribution < -0.4 is 0 Å². The highest BCUT2D eigenvalue weighted by molar-refractivity contribution is 5.95. The minimum atomic E-state index is -1.15. The van der Waals surface area contributed by atoms with E-state index in [1.54, 1.807) is 6.07 Å².